The molecule has 1 fully saturated rings. The molecule has 0 unspecified atom stereocenters. The quantitative estimate of drug-likeness (QED) is 0.514. The van der Waals surface area contributed by atoms with Crippen LogP contribution in [0.4, 0.5) is 0 Å². The van der Waals surface area contributed by atoms with Gasteiger partial charge in [0.15, 0.2) is 5.01 Å². The first-order valence-electron chi connectivity index (χ1n) is 8.79. The van der Waals surface area contributed by atoms with Crippen molar-refractivity contribution in [1.82, 2.24) is 15.4 Å². The van der Waals surface area contributed by atoms with E-state index < -0.39 is 0 Å². The molecule has 144 valence electrons. The summed E-state index contributed by atoms with van der Waals surface area (Å²) >= 11 is 19.8. The SMILES string of the molecule is O=C(NN1CCCC1)c1nc(-c2ccc(Cl)cc2Cl)c(-c2ccc(Cl)cc2)s1. The Bertz CT molecular complexity index is 1010. The van der Waals surface area contributed by atoms with Crippen molar-refractivity contribution < 1.29 is 4.79 Å². The summed E-state index contributed by atoms with van der Waals surface area (Å²) in [7, 11) is 0. The Balaban J connectivity index is 1.77. The van der Waals surface area contributed by atoms with Gasteiger partial charge in [-0.1, -0.05) is 46.9 Å². The molecule has 0 saturated carbocycles. The Morgan fingerprint density at radius 1 is 1.00 bits per heavy atom. The molecule has 1 aliphatic rings. The van der Waals surface area contributed by atoms with E-state index in [2.05, 4.69) is 10.4 Å². The van der Waals surface area contributed by atoms with Crippen LogP contribution in [0.15, 0.2) is 42.5 Å². The van der Waals surface area contributed by atoms with E-state index in [0.29, 0.717) is 25.8 Å². The average Bonchev–Trinajstić information content (AvgIpc) is 3.32. The number of carbonyl (C=O) groups excluding carboxylic acids is 1. The number of carbonyl (C=O) groups is 1. The molecule has 1 amide bonds. The van der Waals surface area contributed by atoms with Crippen LogP contribution in [0.2, 0.25) is 15.1 Å². The zero-order valence-electron chi connectivity index (χ0n) is 14.7. The molecule has 28 heavy (non-hydrogen) atoms. The van der Waals surface area contributed by atoms with E-state index in [0.717, 1.165) is 41.9 Å². The number of hydrazine groups is 1. The second-order valence-corrected chi connectivity index (χ2v) is 8.74. The number of halogens is 3. The molecule has 0 spiro atoms. The van der Waals surface area contributed by atoms with Crippen molar-refractivity contribution in [2.45, 2.75) is 12.8 Å². The lowest BCUT2D eigenvalue weighted by Gasteiger charge is -2.14. The van der Waals surface area contributed by atoms with Gasteiger partial charge in [-0.15, -0.1) is 11.3 Å². The van der Waals surface area contributed by atoms with Crippen LogP contribution in [0.1, 0.15) is 22.6 Å². The van der Waals surface area contributed by atoms with E-state index in [9.17, 15) is 4.79 Å². The van der Waals surface area contributed by atoms with E-state index in [-0.39, 0.29) is 5.91 Å². The monoisotopic (exact) mass is 451 g/mol. The normalized spacial score (nSPS) is 14.4. The van der Waals surface area contributed by atoms with Crippen molar-refractivity contribution in [3.63, 3.8) is 0 Å². The topological polar surface area (TPSA) is 45.2 Å². The number of rotatable bonds is 4. The molecule has 3 aromatic rings. The Kier molecular flexibility index (Phi) is 5.90. The zero-order chi connectivity index (χ0) is 19.7. The summed E-state index contributed by atoms with van der Waals surface area (Å²) in [5.41, 5.74) is 5.24. The van der Waals surface area contributed by atoms with E-state index in [1.54, 1.807) is 12.1 Å². The molecule has 0 aliphatic carbocycles. The van der Waals surface area contributed by atoms with Gasteiger partial charge in [0.2, 0.25) is 0 Å². The van der Waals surface area contributed by atoms with Gasteiger partial charge in [-0.25, -0.2) is 9.99 Å². The predicted octanol–water partition coefficient (Wildman–Crippen LogP) is 6.18. The van der Waals surface area contributed by atoms with Gasteiger partial charge >= 0.3 is 0 Å². The molecule has 2 aromatic carbocycles. The summed E-state index contributed by atoms with van der Waals surface area (Å²) in [4.78, 5) is 18.2. The number of benzene rings is 2. The number of hydrogen-bond acceptors (Lipinski definition) is 4. The van der Waals surface area contributed by atoms with Gasteiger partial charge in [0.1, 0.15) is 0 Å². The first-order valence-corrected chi connectivity index (χ1v) is 10.7. The molecular formula is C20H16Cl3N3OS. The lowest BCUT2D eigenvalue weighted by molar-refractivity contribution is 0.0825. The van der Waals surface area contributed by atoms with Crippen LogP contribution < -0.4 is 5.43 Å². The maximum absolute atomic E-state index is 12.7. The Hall–Kier alpha value is -1.63. The van der Waals surface area contributed by atoms with Crippen LogP contribution in [-0.4, -0.2) is 29.0 Å². The lowest BCUT2D eigenvalue weighted by Crippen LogP contribution is -2.39. The highest BCUT2D eigenvalue weighted by atomic mass is 35.5. The molecule has 1 N–H and O–H groups in total. The largest absolute Gasteiger partial charge is 0.294 e. The lowest BCUT2D eigenvalue weighted by atomic mass is 10.1. The van der Waals surface area contributed by atoms with Gasteiger partial charge < -0.3 is 0 Å². The molecule has 4 nitrogen and oxygen atoms in total. The minimum absolute atomic E-state index is 0.210. The fourth-order valence-electron chi connectivity index (χ4n) is 3.10. The molecule has 2 heterocycles. The molecule has 0 bridgehead atoms. The number of thiazole rings is 1. The van der Waals surface area contributed by atoms with Crippen molar-refractivity contribution in [3.8, 4) is 21.7 Å². The number of hydrogen-bond donors (Lipinski definition) is 1. The van der Waals surface area contributed by atoms with Crippen molar-refractivity contribution >= 4 is 52.0 Å². The second-order valence-electron chi connectivity index (χ2n) is 6.46. The number of amides is 1. The minimum Gasteiger partial charge on any atom is -0.283 e. The van der Waals surface area contributed by atoms with Gasteiger partial charge in [-0.3, -0.25) is 10.2 Å². The summed E-state index contributed by atoms with van der Waals surface area (Å²) in [5, 5.41) is 3.99. The average molecular weight is 453 g/mol. The minimum atomic E-state index is -0.210. The molecule has 1 saturated heterocycles. The number of aromatic nitrogens is 1. The summed E-state index contributed by atoms with van der Waals surface area (Å²) in [6, 6.07) is 12.7. The molecule has 0 radical (unpaired) electrons. The molecule has 1 aliphatic heterocycles. The Labute approximate surface area is 182 Å². The fourth-order valence-corrected chi connectivity index (χ4v) is 4.70. The summed E-state index contributed by atoms with van der Waals surface area (Å²) in [5.74, 6) is -0.210. The Morgan fingerprint density at radius 3 is 2.36 bits per heavy atom. The summed E-state index contributed by atoms with van der Waals surface area (Å²) in [6.07, 6.45) is 2.17. The standard InChI is InChI=1S/C20H16Cl3N3OS/c21-13-5-3-12(4-6-13)18-17(15-8-7-14(22)11-16(15)23)24-20(28-18)19(27)25-26-9-1-2-10-26/h3-8,11H,1-2,9-10H2,(H,25,27). The third kappa shape index (κ3) is 4.19. The van der Waals surface area contributed by atoms with E-state index in [1.807, 2.05) is 35.3 Å². The van der Waals surface area contributed by atoms with E-state index in [1.165, 1.54) is 11.3 Å². The van der Waals surface area contributed by atoms with Crippen LogP contribution in [0.5, 0.6) is 0 Å². The van der Waals surface area contributed by atoms with E-state index in [4.69, 9.17) is 34.8 Å². The first kappa shape index (κ1) is 19.7. The second kappa shape index (κ2) is 8.39. The van der Waals surface area contributed by atoms with Gasteiger partial charge in [-0.2, -0.15) is 0 Å². The van der Waals surface area contributed by atoms with Crippen molar-refractivity contribution in [3.05, 3.63) is 62.5 Å². The highest BCUT2D eigenvalue weighted by Gasteiger charge is 2.23. The van der Waals surface area contributed by atoms with Crippen LogP contribution in [0.25, 0.3) is 21.7 Å². The van der Waals surface area contributed by atoms with E-state index >= 15 is 0 Å². The van der Waals surface area contributed by atoms with Gasteiger partial charge in [0.05, 0.1) is 15.6 Å². The fraction of sp³-hybridized carbons (Fsp3) is 0.200. The van der Waals surface area contributed by atoms with Crippen LogP contribution in [0, 0.1) is 0 Å². The summed E-state index contributed by atoms with van der Waals surface area (Å²) < 4.78 is 0. The molecule has 1 aromatic heterocycles. The number of nitrogens with zero attached hydrogens (tertiary/aromatic N) is 2. The molecule has 4 rings (SSSR count). The third-order valence-electron chi connectivity index (χ3n) is 4.48. The zero-order valence-corrected chi connectivity index (χ0v) is 17.8. The predicted molar refractivity (Wildman–Crippen MR) is 116 cm³/mol. The first-order chi connectivity index (χ1) is 13.5. The maximum atomic E-state index is 12.7. The van der Waals surface area contributed by atoms with Gasteiger partial charge in [0, 0.05) is 28.7 Å². The summed E-state index contributed by atoms with van der Waals surface area (Å²) in [6.45, 7) is 1.72. The van der Waals surface area contributed by atoms with Crippen molar-refractivity contribution in [2.75, 3.05) is 13.1 Å². The highest BCUT2D eigenvalue weighted by Crippen LogP contribution is 2.40. The van der Waals surface area contributed by atoms with Crippen molar-refractivity contribution in [1.29, 1.82) is 0 Å². The third-order valence-corrected chi connectivity index (χ3v) is 6.38. The van der Waals surface area contributed by atoms with Gasteiger partial charge in [0.25, 0.3) is 5.91 Å². The van der Waals surface area contributed by atoms with Crippen LogP contribution in [0.3, 0.4) is 0 Å². The smallest absolute Gasteiger partial charge is 0.283 e. The molecule has 0 atom stereocenters. The number of nitrogens with one attached hydrogen (secondary N) is 1. The van der Waals surface area contributed by atoms with Crippen LogP contribution in [-0.2, 0) is 0 Å². The molecule has 8 heteroatoms. The van der Waals surface area contributed by atoms with Crippen LogP contribution >= 0.6 is 46.1 Å². The highest BCUT2D eigenvalue weighted by molar-refractivity contribution is 7.17. The Morgan fingerprint density at radius 2 is 1.68 bits per heavy atom. The van der Waals surface area contributed by atoms with Gasteiger partial charge in [-0.05, 0) is 48.7 Å². The van der Waals surface area contributed by atoms with Crippen molar-refractivity contribution in [2.24, 2.45) is 0 Å². The molecular weight excluding hydrogens is 437 g/mol. The maximum Gasteiger partial charge on any atom is 0.294 e.